The average molecular weight is 1340 g/mol. The van der Waals surface area contributed by atoms with E-state index in [0.717, 1.165) is 28.1 Å². The highest BCUT2D eigenvalue weighted by atomic mass is 16.4. The van der Waals surface area contributed by atoms with Crippen molar-refractivity contribution < 1.29 is 29.7 Å². The molecule has 0 radical (unpaired) electrons. The van der Waals surface area contributed by atoms with E-state index in [1.165, 1.54) is 92.3 Å². The molecule has 4 N–H and O–H groups in total. The summed E-state index contributed by atoms with van der Waals surface area (Å²) in [5, 5.41) is 36.1. The molecule has 0 aliphatic rings. The van der Waals surface area contributed by atoms with Crippen molar-refractivity contribution in [1.29, 1.82) is 0 Å². The fraction of sp³-hybridized carbons (Fsp3) is 0.125. The molecule has 10 aromatic carbocycles. The standard InChI is InChI=1S/C19H20BNO3.C19H21N.C17H18BNO3.C17H19N.C16H13N/c1-21(2)18-13-7-15(8-14-18)5-3-4-6-19(22)16-9-11-17(12-10-16)20(23)24;1-16-8-10-17(11-9-16)6-4-5-7-18-12-14-19(15-13-18)20(2)3;1-19(2)16-10-3-13(4-11-16)5-12-17(20)14-6-8-15(9-7-14)18(21)22;1-14-4-6-15(7-5-14)8-9-16-10-12-17(13-11-16)18(2)3;1-13-3-5-14(6-4-13)7-8-15-9-11-16(17-2)12-10-15/h3-14,23-24H,1-2H3;4-15H,1-3H3;3-12,21-22H,1-2H3;4-13H,1-3H3;3-12H,1H3/b5-3+,6-4+;6-4+,7-5+;12-5+;9-8+;8-7+. The van der Waals surface area contributed by atoms with Crippen LogP contribution in [0.3, 0.4) is 0 Å². The number of benzene rings is 10. The Morgan fingerprint density at radius 2 is 0.525 bits per heavy atom. The average Bonchev–Trinajstić information content (AvgIpc) is 0.945. The van der Waals surface area contributed by atoms with E-state index in [-0.39, 0.29) is 11.6 Å². The summed E-state index contributed by atoms with van der Waals surface area (Å²) >= 11 is 0. The first-order chi connectivity index (χ1) is 48.5. The topological polar surface area (TPSA) is 132 Å². The van der Waals surface area contributed by atoms with E-state index >= 15 is 0 Å². The van der Waals surface area contributed by atoms with E-state index < -0.39 is 14.2 Å². The van der Waals surface area contributed by atoms with Crippen molar-refractivity contribution in [1.82, 2.24) is 0 Å². The molecule has 0 saturated carbocycles. The van der Waals surface area contributed by atoms with Gasteiger partial charge in [0.25, 0.3) is 0 Å². The minimum absolute atomic E-state index is 0.129. The van der Waals surface area contributed by atoms with E-state index in [4.69, 9.17) is 26.7 Å². The molecule has 13 heteroatoms. The molecule has 0 heterocycles. The van der Waals surface area contributed by atoms with E-state index in [1.807, 2.05) is 123 Å². The molecule has 0 bridgehead atoms. The van der Waals surface area contributed by atoms with Crippen LogP contribution in [0.4, 0.5) is 28.4 Å². The van der Waals surface area contributed by atoms with Gasteiger partial charge in [-0.1, -0.05) is 284 Å². The van der Waals surface area contributed by atoms with Gasteiger partial charge in [-0.25, -0.2) is 4.85 Å². The Hall–Kier alpha value is -11.6. The lowest BCUT2D eigenvalue weighted by molar-refractivity contribution is 0.103. The second-order valence-corrected chi connectivity index (χ2v) is 24.5. The molecule has 0 aliphatic carbocycles. The maximum Gasteiger partial charge on any atom is 0.488 e. The summed E-state index contributed by atoms with van der Waals surface area (Å²) in [7, 11) is 13.1. The molecular weight excluding hydrogens is 1240 g/mol. The van der Waals surface area contributed by atoms with Crippen LogP contribution in [0.15, 0.2) is 279 Å². The van der Waals surface area contributed by atoms with Gasteiger partial charge in [0, 0.05) is 90.3 Å². The number of anilines is 4. The van der Waals surface area contributed by atoms with Crippen LogP contribution in [0.1, 0.15) is 81.9 Å². The molecule has 0 amide bonds. The summed E-state index contributed by atoms with van der Waals surface area (Å²) in [6.45, 7) is 13.2. The highest BCUT2D eigenvalue weighted by Crippen LogP contribution is 2.20. The highest BCUT2D eigenvalue weighted by molar-refractivity contribution is 6.59. The summed E-state index contributed by atoms with van der Waals surface area (Å²) in [4.78, 5) is 35.7. The van der Waals surface area contributed by atoms with Gasteiger partial charge in [-0.15, -0.1) is 0 Å². The highest BCUT2D eigenvalue weighted by Gasteiger charge is 2.12. The fourth-order valence-corrected chi connectivity index (χ4v) is 9.26. The van der Waals surface area contributed by atoms with Crippen molar-refractivity contribution >= 4 is 114 Å². The number of carbonyl (C=O) groups is 2. The Kier molecular flexibility index (Phi) is 32.3. The van der Waals surface area contributed by atoms with Gasteiger partial charge in [0.05, 0.1) is 6.57 Å². The molecule has 510 valence electrons. The Labute approximate surface area is 599 Å². The van der Waals surface area contributed by atoms with Crippen LogP contribution in [0.25, 0.3) is 53.5 Å². The first kappa shape index (κ1) is 78.4. The van der Waals surface area contributed by atoms with Crippen LogP contribution in [0.2, 0.25) is 0 Å². The number of ketones is 2. The summed E-state index contributed by atoms with van der Waals surface area (Å²) < 4.78 is 0. The van der Waals surface area contributed by atoms with E-state index in [2.05, 4.69) is 234 Å². The number of hydrogen-bond acceptors (Lipinski definition) is 10. The van der Waals surface area contributed by atoms with Crippen molar-refractivity contribution in [3.8, 4) is 0 Å². The van der Waals surface area contributed by atoms with Crippen LogP contribution in [-0.2, 0) is 0 Å². The zero-order valence-corrected chi connectivity index (χ0v) is 59.7. The van der Waals surface area contributed by atoms with Crippen LogP contribution >= 0.6 is 0 Å². The first-order valence-electron chi connectivity index (χ1n) is 33.0. The summed E-state index contributed by atoms with van der Waals surface area (Å²) in [6.07, 6.45) is 27.0. The zero-order valence-electron chi connectivity index (χ0n) is 59.7. The van der Waals surface area contributed by atoms with Crippen molar-refractivity contribution in [2.24, 2.45) is 0 Å². The second-order valence-electron chi connectivity index (χ2n) is 24.5. The lowest BCUT2D eigenvalue weighted by Gasteiger charge is -2.11. The predicted molar refractivity (Wildman–Crippen MR) is 434 cm³/mol. The number of allylic oxidation sites excluding steroid dienone is 6. The molecule has 0 fully saturated rings. The van der Waals surface area contributed by atoms with E-state index in [0.29, 0.717) is 27.7 Å². The third kappa shape index (κ3) is 28.8. The van der Waals surface area contributed by atoms with Crippen LogP contribution in [0.5, 0.6) is 0 Å². The normalized spacial score (nSPS) is 10.9. The Bertz CT molecular complexity index is 4400. The minimum Gasteiger partial charge on any atom is -0.423 e. The van der Waals surface area contributed by atoms with Gasteiger partial charge in [-0.05, 0) is 137 Å². The number of carbonyl (C=O) groups excluding carboxylic acids is 2. The molecule has 0 atom stereocenters. The maximum atomic E-state index is 12.1. The van der Waals surface area contributed by atoms with Crippen LogP contribution in [-0.4, -0.2) is 102 Å². The van der Waals surface area contributed by atoms with Gasteiger partial charge in [0.1, 0.15) is 0 Å². The SMILES string of the molecule is CN(C)c1ccc(/C=C/C(=O)c2ccc(B(O)O)cc2)cc1.CN(C)c1ccc(/C=C/C=C/C(=O)c2ccc(B(O)O)cc2)cc1.Cc1ccc(/C=C/C=C/c2ccc(N(C)C)cc2)cc1.Cc1ccc(/C=C/c2ccc(N(C)C)cc2)cc1.[C-]#[N+]c1ccc(/C=C/c2ccc(C)cc2)cc1. The van der Waals surface area contributed by atoms with Crippen LogP contribution in [0, 0.1) is 27.3 Å². The third-order valence-electron chi connectivity index (χ3n) is 15.6. The molecule has 0 spiro atoms. The molecule has 0 aliphatic heterocycles. The maximum absolute atomic E-state index is 12.1. The number of hydrogen-bond donors (Lipinski definition) is 4. The molecule has 0 aromatic heterocycles. The molecule has 0 unspecified atom stereocenters. The van der Waals surface area contributed by atoms with Crippen molar-refractivity contribution in [2.75, 3.05) is 76.0 Å². The first-order valence-corrected chi connectivity index (χ1v) is 33.0. The quantitative estimate of drug-likeness (QED) is 0.0146. The lowest BCUT2D eigenvalue weighted by atomic mass is 9.80. The molecule has 10 rings (SSSR count). The zero-order chi connectivity index (χ0) is 73.1. The van der Waals surface area contributed by atoms with Crippen molar-refractivity contribution in [2.45, 2.75) is 20.8 Å². The molecule has 101 heavy (non-hydrogen) atoms. The monoisotopic (exact) mass is 1340 g/mol. The molecule has 11 nitrogen and oxygen atoms in total. The lowest BCUT2D eigenvalue weighted by Crippen LogP contribution is -2.29. The van der Waals surface area contributed by atoms with Gasteiger partial charge in [0.2, 0.25) is 0 Å². The second kappa shape index (κ2) is 41.6. The molecule has 10 aromatic rings. The minimum atomic E-state index is -1.52. The summed E-state index contributed by atoms with van der Waals surface area (Å²) in [5.74, 6) is -0.266. The van der Waals surface area contributed by atoms with Gasteiger partial charge < -0.3 is 39.7 Å². The Morgan fingerprint density at radius 3 is 0.782 bits per heavy atom. The van der Waals surface area contributed by atoms with Gasteiger partial charge in [-0.3, -0.25) is 9.59 Å². The van der Waals surface area contributed by atoms with Gasteiger partial charge >= 0.3 is 14.2 Å². The third-order valence-corrected chi connectivity index (χ3v) is 15.6. The van der Waals surface area contributed by atoms with Gasteiger partial charge in [0.15, 0.2) is 17.3 Å². The predicted octanol–water partition coefficient (Wildman–Crippen LogP) is 16.9. The summed E-state index contributed by atoms with van der Waals surface area (Å²) in [5.41, 5.74) is 20.1. The fourth-order valence-electron chi connectivity index (χ4n) is 9.26. The smallest absolute Gasteiger partial charge is 0.423 e. The number of nitrogens with zero attached hydrogens (tertiary/aromatic N) is 5. The number of rotatable bonds is 20. The van der Waals surface area contributed by atoms with Crippen LogP contribution < -0.4 is 30.5 Å². The van der Waals surface area contributed by atoms with Crippen molar-refractivity contribution in [3.63, 3.8) is 0 Å². The Morgan fingerprint density at radius 1 is 0.297 bits per heavy atom. The number of aryl methyl sites for hydroxylation is 3. The largest absolute Gasteiger partial charge is 0.488 e. The molecular formula is C88H91B2N5O6. The van der Waals surface area contributed by atoms with E-state index in [1.54, 1.807) is 36.4 Å². The van der Waals surface area contributed by atoms with Crippen molar-refractivity contribution in [3.05, 3.63) is 363 Å². The van der Waals surface area contributed by atoms with E-state index in [9.17, 15) is 9.59 Å². The Balaban J connectivity index is 0.000000200. The molecule has 0 saturated heterocycles. The van der Waals surface area contributed by atoms with Gasteiger partial charge in [-0.2, -0.15) is 0 Å². The summed E-state index contributed by atoms with van der Waals surface area (Å²) in [6, 6.07) is 78.5.